The molecular weight excluding hydrogens is 432 g/mol. The number of nitrogens with zero attached hydrogens (tertiary/aromatic N) is 4. The lowest BCUT2D eigenvalue weighted by Crippen LogP contribution is -2.29. The third-order valence-corrected chi connectivity index (χ3v) is 6.63. The second-order valence-corrected chi connectivity index (χ2v) is 8.98. The van der Waals surface area contributed by atoms with Gasteiger partial charge in [0.25, 0.3) is 0 Å². The van der Waals surface area contributed by atoms with Gasteiger partial charge in [0.15, 0.2) is 0 Å². The highest BCUT2D eigenvalue weighted by Gasteiger charge is 2.13. The number of aromatic amines is 1. The maximum Gasteiger partial charge on any atom is 0.137 e. The van der Waals surface area contributed by atoms with E-state index in [9.17, 15) is 0 Å². The molecule has 182 valence electrons. The van der Waals surface area contributed by atoms with Gasteiger partial charge < -0.3 is 15.2 Å². The summed E-state index contributed by atoms with van der Waals surface area (Å²) in [6, 6.07) is 8.39. The quantitative estimate of drug-likeness (QED) is 0.278. The van der Waals surface area contributed by atoms with Crippen molar-refractivity contribution in [3.05, 3.63) is 85.8 Å². The van der Waals surface area contributed by atoms with Crippen molar-refractivity contribution in [1.29, 1.82) is 0 Å². The van der Waals surface area contributed by atoms with Crippen LogP contribution in [0.3, 0.4) is 0 Å². The summed E-state index contributed by atoms with van der Waals surface area (Å²) in [6.45, 7) is 12.2. The smallest absolute Gasteiger partial charge is 0.137 e. The van der Waals surface area contributed by atoms with E-state index in [1.807, 2.05) is 44.7 Å². The Labute approximate surface area is 209 Å². The molecule has 0 spiro atoms. The number of benzene rings is 1. The Morgan fingerprint density at radius 3 is 2.66 bits per heavy atom. The van der Waals surface area contributed by atoms with Gasteiger partial charge in [-0.3, -0.25) is 0 Å². The van der Waals surface area contributed by atoms with Crippen LogP contribution in [0.25, 0.3) is 38.6 Å². The highest BCUT2D eigenvalue weighted by atomic mass is 15.1. The van der Waals surface area contributed by atoms with Crippen LogP contribution in [0.1, 0.15) is 25.5 Å². The molecule has 1 aromatic carbocycles. The number of likely N-dealkylation sites (tertiary alicyclic amines) is 1. The van der Waals surface area contributed by atoms with Crippen LogP contribution in [0.5, 0.6) is 0 Å². The van der Waals surface area contributed by atoms with E-state index in [0.717, 1.165) is 55.8 Å². The van der Waals surface area contributed by atoms with Crippen LogP contribution in [0.15, 0.2) is 74.5 Å². The number of aryl methyl sites for hydroxylation is 1. The second kappa shape index (κ2) is 11.1. The summed E-state index contributed by atoms with van der Waals surface area (Å²) in [4.78, 5) is 18.8. The van der Waals surface area contributed by atoms with E-state index in [-0.39, 0.29) is 1.43 Å². The summed E-state index contributed by atoms with van der Waals surface area (Å²) in [5.74, 6) is 0.793. The molecule has 0 atom stereocenters. The van der Waals surface area contributed by atoms with Crippen molar-refractivity contribution in [3.8, 4) is 11.1 Å². The average Bonchev–Trinajstić information content (AvgIpc) is 3.31. The monoisotopic (exact) mass is 468 g/mol. The number of H-pyrrole nitrogens is 1. The van der Waals surface area contributed by atoms with Gasteiger partial charge >= 0.3 is 0 Å². The minimum atomic E-state index is 0. The van der Waals surface area contributed by atoms with E-state index in [4.69, 9.17) is 0 Å². The molecule has 35 heavy (non-hydrogen) atoms. The van der Waals surface area contributed by atoms with Crippen LogP contribution in [-0.4, -0.2) is 52.0 Å². The molecule has 5 rings (SSSR count). The van der Waals surface area contributed by atoms with Gasteiger partial charge in [0.05, 0.1) is 5.52 Å². The Morgan fingerprint density at radius 1 is 1.14 bits per heavy atom. The zero-order chi connectivity index (χ0) is 24.8. The number of nitrogens with one attached hydrogen (secondary N) is 2. The fourth-order valence-corrected chi connectivity index (χ4v) is 4.43. The lowest BCUT2D eigenvalue weighted by atomic mass is 9.98. The number of aromatic nitrogens is 4. The number of allylic oxidation sites excluding steroid dienone is 3. The van der Waals surface area contributed by atoms with Crippen molar-refractivity contribution in [2.24, 2.45) is 5.92 Å². The van der Waals surface area contributed by atoms with Crippen molar-refractivity contribution in [1.82, 2.24) is 30.2 Å². The summed E-state index contributed by atoms with van der Waals surface area (Å²) in [7, 11) is 4.05. The topological polar surface area (TPSA) is 69.7 Å². The molecule has 6 heteroatoms. The number of piperidine rings is 1. The van der Waals surface area contributed by atoms with Crippen LogP contribution in [0.4, 0.5) is 0 Å². The molecule has 6 nitrogen and oxygen atoms in total. The molecular formula is C29H36N6. The molecule has 1 saturated heterocycles. The molecule has 0 saturated carbocycles. The van der Waals surface area contributed by atoms with Gasteiger partial charge in [-0.2, -0.15) is 0 Å². The highest BCUT2D eigenvalue weighted by molar-refractivity contribution is 5.98. The van der Waals surface area contributed by atoms with Crippen molar-refractivity contribution in [2.75, 3.05) is 27.2 Å². The Morgan fingerprint density at radius 2 is 1.94 bits per heavy atom. The Hall–Kier alpha value is -3.77. The molecule has 1 aliphatic rings. The number of hydrogen-bond donors (Lipinski definition) is 2. The Kier molecular flexibility index (Phi) is 7.73. The summed E-state index contributed by atoms with van der Waals surface area (Å²) in [5, 5.41) is 5.18. The first-order chi connectivity index (χ1) is 17.0. The number of pyridine rings is 1. The van der Waals surface area contributed by atoms with Crippen LogP contribution in [0.2, 0.25) is 0 Å². The van der Waals surface area contributed by atoms with E-state index < -0.39 is 0 Å². The molecule has 4 aromatic rings. The zero-order valence-corrected chi connectivity index (χ0v) is 20.9. The summed E-state index contributed by atoms with van der Waals surface area (Å²) in [5.41, 5.74) is 7.01. The first-order valence-corrected chi connectivity index (χ1v) is 12.0. The number of fused-ring (bicyclic) bond motifs is 2. The second-order valence-electron chi connectivity index (χ2n) is 8.98. The molecule has 0 radical (unpaired) electrons. The molecule has 0 unspecified atom stereocenters. The molecule has 0 bridgehead atoms. The van der Waals surface area contributed by atoms with Crippen molar-refractivity contribution in [3.63, 3.8) is 0 Å². The predicted molar refractivity (Wildman–Crippen MR) is 149 cm³/mol. The Bertz CT molecular complexity index is 1360. The SMILES string of the molecule is C=C/C(=C\NC)c1cnc2[nH]cc(-c3ccc4ncnc(C)c4c3)c2c1.C=CC1CCN(C)CC1.[HH]. The van der Waals surface area contributed by atoms with Gasteiger partial charge in [0.2, 0.25) is 0 Å². The number of rotatable bonds is 5. The van der Waals surface area contributed by atoms with E-state index >= 15 is 0 Å². The standard InChI is InChI=1S/C21H19N5.C8H15N.H2/c1-4-14(9-22-3)16-8-18-19(11-24-21(18)23-10-16)15-5-6-20-17(7-15)13(2)25-12-26-20;1-3-8-4-6-9(2)7-5-8;/h4-12,22H,1H2,2-3H3,(H,23,24);3,8H,1,4-7H2,2H3;1H/b14-9+;;. The first kappa shape index (κ1) is 24.4. The lowest BCUT2D eigenvalue weighted by molar-refractivity contribution is 0.244. The average molecular weight is 469 g/mol. The Balaban J connectivity index is 0.000000307. The van der Waals surface area contributed by atoms with Gasteiger partial charge in [0.1, 0.15) is 12.0 Å². The largest absolute Gasteiger partial charge is 0.393 e. The van der Waals surface area contributed by atoms with E-state index in [2.05, 4.69) is 74.6 Å². The summed E-state index contributed by atoms with van der Waals surface area (Å²) in [6.07, 6.45) is 13.9. The fraction of sp³-hybridized carbons (Fsp3) is 0.276. The molecule has 2 N–H and O–H groups in total. The van der Waals surface area contributed by atoms with Crippen molar-refractivity contribution < 1.29 is 1.43 Å². The van der Waals surface area contributed by atoms with Gasteiger partial charge in [-0.25, -0.2) is 15.0 Å². The van der Waals surface area contributed by atoms with E-state index in [1.54, 1.807) is 6.33 Å². The summed E-state index contributed by atoms with van der Waals surface area (Å²) < 4.78 is 0. The predicted octanol–water partition coefficient (Wildman–Crippen LogP) is 5.99. The van der Waals surface area contributed by atoms with Gasteiger partial charge in [-0.15, -0.1) is 6.58 Å². The molecule has 3 aromatic heterocycles. The van der Waals surface area contributed by atoms with Crippen LogP contribution in [-0.2, 0) is 0 Å². The molecule has 0 aliphatic carbocycles. The van der Waals surface area contributed by atoms with Crippen LogP contribution in [0, 0.1) is 12.8 Å². The highest BCUT2D eigenvalue weighted by Crippen LogP contribution is 2.32. The van der Waals surface area contributed by atoms with E-state index in [0.29, 0.717) is 0 Å². The fourth-order valence-electron chi connectivity index (χ4n) is 4.43. The molecule has 1 aliphatic heterocycles. The maximum absolute atomic E-state index is 4.56. The first-order valence-electron chi connectivity index (χ1n) is 12.0. The maximum atomic E-state index is 4.56. The van der Waals surface area contributed by atoms with E-state index in [1.165, 1.54) is 25.9 Å². The normalized spacial score (nSPS) is 15.0. The minimum absolute atomic E-state index is 0. The lowest BCUT2D eigenvalue weighted by Gasteiger charge is -2.26. The van der Waals surface area contributed by atoms with Gasteiger partial charge in [-0.1, -0.05) is 24.8 Å². The van der Waals surface area contributed by atoms with Crippen molar-refractivity contribution >= 4 is 27.5 Å². The molecule has 4 heterocycles. The van der Waals surface area contributed by atoms with Crippen LogP contribution >= 0.6 is 0 Å². The van der Waals surface area contributed by atoms with Gasteiger partial charge in [-0.05, 0) is 75.2 Å². The third-order valence-electron chi connectivity index (χ3n) is 6.63. The van der Waals surface area contributed by atoms with Crippen molar-refractivity contribution in [2.45, 2.75) is 19.8 Å². The van der Waals surface area contributed by atoms with Gasteiger partial charge in [0, 0.05) is 54.7 Å². The molecule has 1 fully saturated rings. The minimum Gasteiger partial charge on any atom is -0.393 e. The molecule has 0 amide bonds. The third kappa shape index (κ3) is 5.49. The van der Waals surface area contributed by atoms with Crippen LogP contribution < -0.4 is 5.32 Å². The zero-order valence-electron chi connectivity index (χ0n) is 20.9. The summed E-state index contributed by atoms with van der Waals surface area (Å²) >= 11 is 0. The number of hydrogen-bond acceptors (Lipinski definition) is 5.